The Balaban J connectivity index is 1.42. The Labute approximate surface area is 159 Å². The molecule has 1 aliphatic heterocycles. The van der Waals surface area contributed by atoms with E-state index in [0.717, 1.165) is 38.0 Å². The van der Waals surface area contributed by atoms with E-state index in [-0.39, 0.29) is 11.3 Å². The van der Waals surface area contributed by atoms with E-state index in [9.17, 15) is 14.3 Å². The number of nitrogens with zero attached hydrogens (tertiary/aromatic N) is 1. The number of benzene rings is 2. The summed E-state index contributed by atoms with van der Waals surface area (Å²) in [7, 11) is 0. The fourth-order valence-corrected chi connectivity index (χ4v) is 3.70. The molecule has 1 heterocycles. The molecule has 0 aromatic heterocycles. The molecule has 27 heavy (non-hydrogen) atoms. The van der Waals surface area contributed by atoms with E-state index in [1.165, 1.54) is 12.1 Å². The van der Waals surface area contributed by atoms with Gasteiger partial charge in [-0.05, 0) is 49.6 Å². The van der Waals surface area contributed by atoms with Gasteiger partial charge in [0.2, 0.25) is 0 Å². The van der Waals surface area contributed by atoms with Crippen molar-refractivity contribution in [1.82, 2.24) is 4.90 Å². The van der Waals surface area contributed by atoms with Crippen molar-refractivity contribution >= 4 is 11.5 Å². The van der Waals surface area contributed by atoms with Gasteiger partial charge in [0.1, 0.15) is 5.82 Å². The van der Waals surface area contributed by atoms with E-state index < -0.39 is 11.4 Å². The first-order valence-corrected chi connectivity index (χ1v) is 9.52. The number of ketones is 1. The molecule has 0 bridgehead atoms. The minimum Gasteiger partial charge on any atom is -0.399 e. The highest BCUT2D eigenvalue weighted by Crippen LogP contribution is 2.26. The average molecular weight is 370 g/mol. The fourth-order valence-electron chi connectivity index (χ4n) is 3.70. The highest BCUT2D eigenvalue weighted by molar-refractivity contribution is 5.96. The molecule has 0 atom stereocenters. The first kappa shape index (κ1) is 19.5. The van der Waals surface area contributed by atoms with E-state index in [4.69, 9.17) is 5.73 Å². The number of Topliss-reactive ketones (excluding diaryl/α,β-unsaturated/α-hetero) is 1. The first-order chi connectivity index (χ1) is 13.0. The number of hydrogen-bond acceptors (Lipinski definition) is 4. The molecule has 1 aliphatic rings. The Morgan fingerprint density at radius 1 is 1.15 bits per heavy atom. The number of hydrogen-bond donors (Lipinski definition) is 2. The number of carbonyl (C=O) groups excluding carboxylic acids is 1. The van der Waals surface area contributed by atoms with Crippen molar-refractivity contribution in [2.24, 2.45) is 0 Å². The van der Waals surface area contributed by atoms with Crippen LogP contribution in [0.1, 0.15) is 41.6 Å². The van der Waals surface area contributed by atoms with Crippen molar-refractivity contribution in [3.05, 3.63) is 65.5 Å². The van der Waals surface area contributed by atoms with E-state index in [2.05, 4.69) is 4.90 Å². The van der Waals surface area contributed by atoms with Crippen LogP contribution in [0, 0.1) is 5.82 Å². The normalized spacial score (nSPS) is 17.0. The Morgan fingerprint density at radius 3 is 2.52 bits per heavy atom. The summed E-state index contributed by atoms with van der Waals surface area (Å²) in [4.78, 5) is 14.5. The van der Waals surface area contributed by atoms with Crippen molar-refractivity contribution in [3.8, 4) is 0 Å². The number of halogens is 1. The van der Waals surface area contributed by atoms with Crippen LogP contribution >= 0.6 is 0 Å². The molecule has 1 saturated heterocycles. The quantitative estimate of drug-likeness (QED) is 0.579. The predicted octanol–water partition coefficient (Wildman–Crippen LogP) is 3.44. The van der Waals surface area contributed by atoms with Crippen molar-refractivity contribution in [3.63, 3.8) is 0 Å². The zero-order valence-corrected chi connectivity index (χ0v) is 15.5. The number of likely N-dealkylation sites (tertiary alicyclic amines) is 1. The summed E-state index contributed by atoms with van der Waals surface area (Å²) in [5.41, 5.74) is 6.45. The van der Waals surface area contributed by atoms with E-state index in [1.54, 1.807) is 6.07 Å². The largest absolute Gasteiger partial charge is 0.399 e. The van der Waals surface area contributed by atoms with Gasteiger partial charge in [0, 0.05) is 31.6 Å². The van der Waals surface area contributed by atoms with Crippen molar-refractivity contribution in [1.29, 1.82) is 0 Å². The third-order valence-corrected chi connectivity index (χ3v) is 5.33. The second-order valence-corrected chi connectivity index (χ2v) is 7.49. The fraction of sp³-hybridized carbons (Fsp3) is 0.409. The topological polar surface area (TPSA) is 66.6 Å². The second-order valence-electron chi connectivity index (χ2n) is 7.49. The molecule has 0 aliphatic carbocycles. The van der Waals surface area contributed by atoms with Gasteiger partial charge in [-0.3, -0.25) is 4.79 Å². The van der Waals surface area contributed by atoms with E-state index >= 15 is 0 Å². The molecule has 2 aromatic rings. The molecule has 4 nitrogen and oxygen atoms in total. The van der Waals surface area contributed by atoms with Crippen LogP contribution in [0.25, 0.3) is 0 Å². The third-order valence-electron chi connectivity index (χ3n) is 5.33. The minimum atomic E-state index is -0.652. The zero-order valence-electron chi connectivity index (χ0n) is 15.5. The van der Waals surface area contributed by atoms with Crippen LogP contribution in [-0.2, 0) is 6.42 Å². The van der Waals surface area contributed by atoms with Gasteiger partial charge in [0.05, 0.1) is 11.2 Å². The van der Waals surface area contributed by atoms with Crippen LogP contribution in [0.3, 0.4) is 0 Å². The van der Waals surface area contributed by atoms with Gasteiger partial charge < -0.3 is 15.7 Å². The van der Waals surface area contributed by atoms with Gasteiger partial charge in [-0.2, -0.15) is 0 Å². The van der Waals surface area contributed by atoms with Gasteiger partial charge >= 0.3 is 0 Å². The van der Waals surface area contributed by atoms with Gasteiger partial charge in [0.25, 0.3) is 0 Å². The molecule has 5 heteroatoms. The third kappa shape index (κ3) is 5.37. The number of carbonyl (C=O) groups is 1. The lowest BCUT2D eigenvalue weighted by molar-refractivity contribution is -0.0207. The predicted molar refractivity (Wildman–Crippen MR) is 105 cm³/mol. The van der Waals surface area contributed by atoms with Gasteiger partial charge in [-0.15, -0.1) is 0 Å². The minimum absolute atomic E-state index is 0.111. The Hall–Kier alpha value is -2.24. The summed E-state index contributed by atoms with van der Waals surface area (Å²) >= 11 is 0. The number of nitrogen functional groups attached to an aromatic ring is 1. The number of aliphatic hydroxyl groups is 1. The van der Waals surface area contributed by atoms with E-state index in [0.29, 0.717) is 24.9 Å². The van der Waals surface area contributed by atoms with Crippen molar-refractivity contribution in [2.45, 2.75) is 37.7 Å². The van der Waals surface area contributed by atoms with Gasteiger partial charge in [-0.25, -0.2) is 4.39 Å². The molecule has 144 valence electrons. The molecule has 0 radical (unpaired) electrons. The lowest BCUT2D eigenvalue weighted by Crippen LogP contribution is -2.45. The van der Waals surface area contributed by atoms with Crippen molar-refractivity contribution in [2.75, 3.05) is 25.4 Å². The lowest BCUT2D eigenvalue weighted by Gasteiger charge is -2.38. The highest BCUT2D eigenvalue weighted by Gasteiger charge is 2.32. The zero-order chi connectivity index (χ0) is 19.3. The summed E-state index contributed by atoms with van der Waals surface area (Å²) < 4.78 is 13.8. The van der Waals surface area contributed by atoms with Gasteiger partial charge in [0.15, 0.2) is 5.78 Å². The number of nitrogens with two attached hydrogens (primary N) is 1. The second kappa shape index (κ2) is 8.63. The maximum absolute atomic E-state index is 13.8. The molecule has 0 unspecified atom stereocenters. The highest BCUT2D eigenvalue weighted by atomic mass is 19.1. The van der Waals surface area contributed by atoms with Crippen LogP contribution in [0.15, 0.2) is 48.5 Å². The SMILES string of the molecule is Nc1ccc(C(=O)CCCN2CCC(O)(Cc3ccccc3)CC2)c(F)c1. The molecule has 0 spiro atoms. The molecule has 3 N–H and O–H groups in total. The Bertz CT molecular complexity index is 771. The van der Waals surface area contributed by atoms with E-state index in [1.807, 2.05) is 30.3 Å². The number of piperidine rings is 1. The monoisotopic (exact) mass is 370 g/mol. The molecule has 0 saturated carbocycles. The molecule has 1 fully saturated rings. The summed E-state index contributed by atoms with van der Waals surface area (Å²) in [6, 6.07) is 14.3. The van der Waals surface area contributed by atoms with Crippen LogP contribution < -0.4 is 5.73 Å². The summed E-state index contributed by atoms with van der Waals surface area (Å²) in [6.45, 7) is 2.41. The number of anilines is 1. The average Bonchev–Trinajstić information content (AvgIpc) is 2.64. The molecule has 2 aromatic carbocycles. The first-order valence-electron chi connectivity index (χ1n) is 9.52. The van der Waals surface area contributed by atoms with Crippen LogP contribution in [0.4, 0.5) is 10.1 Å². The van der Waals surface area contributed by atoms with Crippen LogP contribution in [-0.4, -0.2) is 41.0 Å². The molecule has 3 rings (SSSR count). The number of rotatable bonds is 7. The molecule has 0 amide bonds. The maximum Gasteiger partial charge on any atom is 0.165 e. The van der Waals surface area contributed by atoms with Crippen LogP contribution in [0.2, 0.25) is 0 Å². The van der Waals surface area contributed by atoms with Crippen molar-refractivity contribution < 1.29 is 14.3 Å². The molecular weight excluding hydrogens is 343 g/mol. The summed E-state index contributed by atoms with van der Waals surface area (Å²) in [5.74, 6) is -0.742. The Morgan fingerprint density at radius 2 is 1.85 bits per heavy atom. The lowest BCUT2D eigenvalue weighted by atomic mass is 9.85. The van der Waals surface area contributed by atoms with Gasteiger partial charge in [-0.1, -0.05) is 30.3 Å². The Kier molecular flexibility index (Phi) is 6.24. The molecular formula is C22H27FN2O2. The summed E-state index contributed by atoms with van der Waals surface area (Å²) in [5, 5.41) is 10.8. The maximum atomic E-state index is 13.8. The standard InChI is InChI=1S/C22H27FN2O2/c23-20-15-18(24)8-9-19(20)21(26)7-4-12-25-13-10-22(27,11-14-25)16-17-5-2-1-3-6-17/h1-3,5-6,8-9,15,27H,4,7,10-14,16,24H2. The smallest absolute Gasteiger partial charge is 0.165 e. The summed E-state index contributed by atoms with van der Waals surface area (Å²) in [6.07, 6.45) is 3.12. The van der Waals surface area contributed by atoms with Crippen LogP contribution in [0.5, 0.6) is 0 Å².